The minimum Gasteiger partial charge on any atom is -0.431 e. The monoisotopic (exact) mass is 394 g/mol. The Morgan fingerprint density at radius 1 is 1.00 bits per heavy atom. The molecule has 0 amide bonds. The summed E-state index contributed by atoms with van der Waals surface area (Å²) in [5.74, 6) is 0.829. The zero-order valence-corrected chi connectivity index (χ0v) is 16.9. The van der Waals surface area contributed by atoms with Crippen LogP contribution in [0.15, 0.2) is 42.6 Å². The Hall–Kier alpha value is -2.02. The number of nitrogens with zero attached hydrogens (tertiary/aromatic N) is 4. The van der Waals surface area contributed by atoms with Crippen molar-refractivity contribution in [2.75, 3.05) is 26.2 Å². The van der Waals surface area contributed by atoms with Crippen LogP contribution in [0.25, 0.3) is 10.3 Å². The molecule has 0 N–H and O–H groups in total. The maximum atomic E-state index is 5.93. The van der Waals surface area contributed by atoms with Crippen LogP contribution >= 0.6 is 11.3 Å². The fourth-order valence-corrected chi connectivity index (χ4v) is 5.14. The highest BCUT2D eigenvalue weighted by atomic mass is 32.1. The summed E-state index contributed by atoms with van der Waals surface area (Å²) in [6, 6.07) is 13.1. The minimum absolute atomic E-state index is 0.644. The molecule has 0 radical (unpaired) electrons. The van der Waals surface area contributed by atoms with Crippen molar-refractivity contribution in [2.24, 2.45) is 0 Å². The van der Waals surface area contributed by atoms with Gasteiger partial charge in [-0.25, -0.2) is 9.97 Å². The predicted molar refractivity (Wildman–Crippen MR) is 113 cm³/mol. The summed E-state index contributed by atoms with van der Waals surface area (Å²) in [6.45, 7) is 6.07. The number of hydrogen-bond donors (Lipinski definition) is 0. The zero-order valence-electron chi connectivity index (χ0n) is 16.1. The van der Waals surface area contributed by atoms with Crippen molar-refractivity contribution in [3.05, 3.63) is 48.2 Å². The largest absolute Gasteiger partial charge is 0.431 e. The number of pyridine rings is 1. The third-order valence-electron chi connectivity index (χ3n) is 5.90. The highest BCUT2D eigenvalue weighted by Gasteiger charge is 2.26. The molecule has 6 heteroatoms. The molecule has 2 aliphatic rings. The number of ether oxygens (including phenoxy) is 1. The highest BCUT2D eigenvalue weighted by Crippen LogP contribution is 2.30. The number of fused-ring (bicyclic) bond motifs is 1. The molecule has 1 aromatic carbocycles. The second kappa shape index (κ2) is 8.15. The molecule has 2 fully saturated rings. The van der Waals surface area contributed by atoms with E-state index in [1.807, 2.05) is 24.3 Å². The highest BCUT2D eigenvalue weighted by molar-refractivity contribution is 7.19. The van der Waals surface area contributed by atoms with Gasteiger partial charge in [0.1, 0.15) is 16.1 Å². The van der Waals surface area contributed by atoms with Crippen molar-refractivity contribution >= 4 is 21.7 Å². The van der Waals surface area contributed by atoms with E-state index in [0.717, 1.165) is 28.7 Å². The number of hydrogen-bond acceptors (Lipinski definition) is 6. The van der Waals surface area contributed by atoms with Crippen LogP contribution in [-0.2, 0) is 6.54 Å². The fourth-order valence-electron chi connectivity index (χ4n) is 4.36. The van der Waals surface area contributed by atoms with Crippen molar-refractivity contribution in [1.29, 1.82) is 0 Å². The van der Waals surface area contributed by atoms with Gasteiger partial charge in [0.2, 0.25) is 0 Å². The molecular weight excluding hydrogens is 368 g/mol. The summed E-state index contributed by atoms with van der Waals surface area (Å²) >= 11 is 1.48. The minimum atomic E-state index is 0.644. The Balaban J connectivity index is 1.15. The topological polar surface area (TPSA) is 41.5 Å². The number of aromatic nitrogens is 2. The van der Waals surface area contributed by atoms with Gasteiger partial charge in [-0.3, -0.25) is 4.90 Å². The first kappa shape index (κ1) is 18.0. The van der Waals surface area contributed by atoms with E-state index in [0.29, 0.717) is 5.19 Å². The van der Waals surface area contributed by atoms with Crippen LogP contribution < -0.4 is 4.74 Å². The van der Waals surface area contributed by atoms with Gasteiger partial charge in [0.15, 0.2) is 0 Å². The Morgan fingerprint density at radius 2 is 1.79 bits per heavy atom. The standard InChI is InChI=1S/C22H26N4OS/c1-2-13-26(12-1)18-9-14-25(15-10-18)16-17-5-7-19(8-6-17)27-22-24-20-4-3-11-23-21(20)28-22/h3-8,11,18H,1-2,9-10,12-16H2. The van der Waals surface area contributed by atoms with E-state index < -0.39 is 0 Å². The number of likely N-dealkylation sites (tertiary alicyclic amines) is 2. The van der Waals surface area contributed by atoms with Gasteiger partial charge in [-0.1, -0.05) is 23.5 Å². The lowest BCUT2D eigenvalue weighted by Gasteiger charge is -2.36. The van der Waals surface area contributed by atoms with E-state index in [1.165, 1.54) is 68.8 Å². The Kier molecular flexibility index (Phi) is 5.25. The van der Waals surface area contributed by atoms with E-state index in [2.05, 4.69) is 31.9 Å². The second-order valence-corrected chi connectivity index (χ2v) is 8.74. The lowest BCUT2D eigenvalue weighted by Crippen LogP contribution is -2.43. The van der Waals surface area contributed by atoms with Gasteiger partial charge in [0.05, 0.1) is 0 Å². The lowest BCUT2D eigenvalue weighted by molar-refractivity contribution is 0.122. The molecule has 2 aromatic heterocycles. The Morgan fingerprint density at radius 3 is 2.54 bits per heavy atom. The quantitative estimate of drug-likeness (QED) is 0.635. The average molecular weight is 395 g/mol. The van der Waals surface area contributed by atoms with Crippen LogP contribution in [0.3, 0.4) is 0 Å². The van der Waals surface area contributed by atoms with Gasteiger partial charge in [-0.2, -0.15) is 0 Å². The van der Waals surface area contributed by atoms with Crippen LogP contribution in [0, 0.1) is 0 Å². The van der Waals surface area contributed by atoms with Crippen molar-refractivity contribution < 1.29 is 4.74 Å². The van der Waals surface area contributed by atoms with Crippen LogP contribution in [0.4, 0.5) is 0 Å². The maximum Gasteiger partial charge on any atom is 0.281 e. The maximum absolute atomic E-state index is 5.93. The van der Waals surface area contributed by atoms with E-state index in [4.69, 9.17) is 4.74 Å². The van der Waals surface area contributed by atoms with Crippen molar-refractivity contribution in [3.8, 4) is 10.9 Å². The summed E-state index contributed by atoms with van der Waals surface area (Å²) in [4.78, 5) is 15.0. The van der Waals surface area contributed by atoms with Crippen molar-refractivity contribution in [3.63, 3.8) is 0 Å². The van der Waals surface area contributed by atoms with Crippen LogP contribution in [0.5, 0.6) is 10.9 Å². The van der Waals surface area contributed by atoms with Gasteiger partial charge in [0.25, 0.3) is 5.19 Å². The number of benzene rings is 1. The molecule has 2 aliphatic heterocycles. The number of piperidine rings is 1. The van der Waals surface area contributed by atoms with Gasteiger partial charge >= 0.3 is 0 Å². The SMILES string of the molecule is c1cnc2sc(Oc3ccc(CN4CCC(N5CCCC5)CC4)cc3)nc2c1. The third-order valence-corrected chi connectivity index (χ3v) is 6.75. The first-order valence-electron chi connectivity index (χ1n) is 10.3. The fraction of sp³-hybridized carbons (Fsp3) is 0.455. The third kappa shape index (κ3) is 4.04. The molecule has 0 saturated carbocycles. The second-order valence-electron chi connectivity index (χ2n) is 7.80. The molecule has 5 nitrogen and oxygen atoms in total. The van der Waals surface area contributed by atoms with E-state index in [1.54, 1.807) is 6.20 Å². The Labute approximate surface area is 170 Å². The summed E-state index contributed by atoms with van der Waals surface area (Å²) in [5.41, 5.74) is 2.23. The molecule has 3 aromatic rings. The first-order chi connectivity index (χ1) is 13.8. The molecule has 0 atom stereocenters. The molecule has 28 heavy (non-hydrogen) atoms. The van der Waals surface area contributed by atoms with E-state index in [-0.39, 0.29) is 0 Å². The molecular formula is C22H26N4OS. The van der Waals surface area contributed by atoms with Gasteiger partial charge in [-0.15, -0.1) is 0 Å². The summed E-state index contributed by atoms with van der Waals surface area (Å²) < 4.78 is 5.93. The van der Waals surface area contributed by atoms with E-state index in [9.17, 15) is 0 Å². The molecule has 5 rings (SSSR count). The molecule has 146 valence electrons. The summed E-state index contributed by atoms with van der Waals surface area (Å²) in [6.07, 6.45) is 7.19. The van der Waals surface area contributed by atoms with Crippen LogP contribution in [0.2, 0.25) is 0 Å². The number of rotatable bonds is 5. The van der Waals surface area contributed by atoms with Gasteiger partial charge in [-0.05, 0) is 81.7 Å². The lowest BCUT2D eigenvalue weighted by atomic mass is 10.0. The summed E-state index contributed by atoms with van der Waals surface area (Å²) in [5, 5.41) is 0.644. The smallest absolute Gasteiger partial charge is 0.281 e. The molecule has 0 bridgehead atoms. The molecule has 0 aliphatic carbocycles. The summed E-state index contributed by atoms with van der Waals surface area (Å²) in [7, 11) is 0. The van der Waals surface area contributed by atoms with Gasteiger partial charge < -0.3 is 9.64 Å². The molecule has 2 saturated heterocycles. The predicted octanol–water partition coefficient (Wildman–Crippen LogP) is 4.54. The first-order valence-corrected chi connectivity index (χ1v) is 11.1. The van der Waals surface area contributed by atoms with Crippen molar-refractivity contribution in [1.82, 2.24) is 19.8 Å². The van der Waals surface area contributed by atoms with E-state index >= 15 is 0 Å². The molecule has 0 unspecified atom stereocenters. The average Bonchev–Trinajstić information content (AvgIpc) is 3.39. The molecule has 0 spiro atoms. The Bertz CT molecular complexity index is 879. The number of thiazole rings is 1. The zero-order chi connectivity index (χ0) is 18.8. The normalized spacial score (nSPS) is 19.4. The van der Waals surface area contributed by atoms with Gasteiger partial charge in [0, 0.05) is 18.8 Å². The molecule has 4 heterocycles. The van der Waals surface area contributed by atoms with Crippen molar-refractivity contribution in [2.45, 2.75) is 38.3 Å². The van der Waals surface area contributed by atoms with Crippen LogP contribution in [0.1, 0.15) is 31.2 Å². The van der Waals surface area contributed by atoms with Crippen LogP contribution in [-0.4, -0.2) is 52.0 Å².